The van der Waals surface area contributed by atoms with Crippen molar-refractivity contribution in [2.75, 3.05) is 26.8 Å². The lowest BCUT2D eigenvalue weighted by molar-refractivity contribution is 0.144. The van der Waals surface area contributed by atoms with Crippen molar-refractivity contribution in [3.05, 3.63) is 0 Å². The maximum Gasteiger partial charge on any atom is 0.317 e. The maximum absolute atomic E-state index is 11.7. The summed E-state index contributed by atoms with van der Waals surface area (Å²) in [6, 6.07) is 0.250. The predicted octanol–water partition coefficient (Wildman–Crippen LogP) is 2.10. The van der Waals surface area contributed by atoms with Crippen LogP contribution in [-0.2, 0) is 4.74 Å². The molecule has 0 aliphatic heterocycles. The van der Waals surface area contributed by atoms with Crippen molar-refractivity contribution in [3.63, 3.8) is 0 Å². The Morgan fingerprint density at radius 3 is 2.50 bits per heavy atom. The Kier molecular flexibility index (Phi) is 7.99. The number of amides is 2. The fraction of sp³-hybridized carbons (Fsp3) is 0.917. The third kappa shape index (κ3) is 6.67. The zero-order valence-corrected chi connectivity index (χ0v) is 11.2. The molecule has 1 unspecified atom stereocenters. The Morgan fingerprint density at radius 1 is 1.38 bits per heavy atom. The molecular weight excluding hydrogens is 204 g/mol. The number of nitrogens with one attached hydrogen (secondary N) is 1. The minimum Gasteiger partial charge on any atom is -0.380 e. The second kappa shape index (κ2) is 8.39. The molecule has 1 atom stereocenters. The number of hydrogen-bond donors (Lipinski definition) is 1. The lowest BCUT2D eigenvalue weighted by atomic mass is 10.0. The smallest absolute Gasteiger partial charge is 0.317 e. The monoisotopic (exact) mass is 230 g/mol. The maximum atomic E-state index is 11.7. The number of ether oxygens (including phenoxy) is 1. The van der Waals surface area contributed by atoms with E-state index in [4.69, 9.17) is 4.74 Å². The van der Waals surface area contributed by atoms with E-state index in [0.717, 1.165) is 6.42 Å². The SMILES string of the molecule is CCOCCNC(=O)N(C)C(C)CC(C)C. The summed E-state index contributed by atoms with van der Waals surface area (Å²) >= 11 is 0. The van der Waals surface area contributed by atoms with Gasteiger partial charge in [0.15, 0.2) is 0 Å². The molecule has 0 bridgehead atoms. The van der Waals surface area contributed by atoms with Crippen molar-refractivity contribution in [1.29, 1.82) is 0 Å². The van der Waals surface area contributed by atoms with E-state index in [9.17, 15) is 4.79 Å². The average Bonchev–Trinajstić information content (AvgIpc) is 2.22. The summed E-state index contributed by atoms with van der Waals surface area (Å²) in [7, 11) is 1.84. The average molecular weight is 230 g/mol. The number of carbonyl (C=O) groups is 1. The van der Waals surface area contributed by atoms with Crippen LogP contribution in [0.25, 0.3) is 0 Å². The fourth-order valence-corrected chi connectivity index (χ4v) is 1.54. The minimum absolute atomic E-state index is 0.0205. The van der Waals surface area contributed by atoms with Crippen LogP contribution in [0, 0.1) is 5.92 Å². The van der Waals surface area contributed by atoms with E-state index >= 15 is 0 Å². The molecule has 16 heavy (non-hydrogen) atoms. The number of nitrogens with zero attached hydrogens (tertiary/aromatic N) is 1. The normalized spacial score (nSPS) is 12.6. The summed E-state index contributed by atoms with van der Waals surface area (Å²) in [5, 5.41) is 2.83. The second-order valence-corrected chi connectivity index (χ2v) is 4.52. The zero-order valence-electron chi connectivity index (χ0n) is 11.2. The highest BCUT2D eigenvalue weighted by molar-refractivity contribution is 5.74. The van der Waals surface area contributed by atoms with Crippen molar-refractivity contribution in [3.8, 4) is 0 Å². The first-order valence-corrected chi connectivity index (χ1v) is 6.07. The lowest BCUT2D eigenvalue weighted by Crippen LogP contribution is -2.43. The van der Waals surface area contributed by atoms with Crippen LogP contribution in [0.3, 0.4) is 0 Å². The van der Waals surface area contributed by atoms with Crippen LogP contribution in [0.4, 0.5) is 4.79 Å². The number of urea groups is 1. The van der Waals surface area contributed by atoms with E-state index in [1.807, 2.05) is 14.0 Å². The number of hydrogen-bond acceptors (Lipinski definition) is 2. The van der Waals surface area contributed by atoms with Gasteiger partial charge in [0.2, 0.25) is 0 Å². The molecule has 4 heteroatoms. The van der Waals surface area contributed by atoms with E-state index in [0.29, 0.717) is 25.7 Å². The summed E-state index contributed by atoms with van der Waals surface area (Å²) in [6.07, 6.45) is 1.02. The van der Waals surface area contributed by atoms with Gasteiger partial charge in [-0.3, -0.25) is 0 Å². The van der Waals surface area contributed by atoms with Crippen molar-refractivity contribution in [1.82, 2.24) is 10.2 Å². The van der Waals surface area contributed by atoms with E-state index in [-0.39, 0.29) is 12.1 Å². The molecule has 0 heterocycles. The predicted molar refractivity (Wildman–Crippen MR) is 66.6 cm³/mol. The summed E-state index contributed by atoms with van der Waals surface area (Å²) in [6.45, 7) is 10.2. The van der Waals surface area contributed by atoms with Crippen molar-refractivity contribution in [2.24, 2.45) is 5.92 Å². The van der Waals surface area contributed by atoms with Crippen molar-refractivity contribution < 1.29 is 9.53 Å². The summed E-state index contributed by atoms with van der Waals surface area (Å²) in [4.78, 5) is 13.4. The van der Waals surface area contributed by atoms with Crippen LogP contribution in [-0.4, -0.2) is 43.8 Å². The van der Waals surface area contributed by atoms with Gasteiger partial charge >= 0.3 is 6.03 Å². The van der Waals surface area contributed by atoms with Crippen molar-refractivity contribution in [2.45, 2.75) is 40.2 Å². The number of carbonyl (C=O) groups excluding carboxylic acids is 1. The lowest BCUT2D eigenvalue weighted by Gasteiger charge is -2.26. The molecule has 0 rings (SSSR count). The minimum atomic E-state index is -0.0205. The zero-order chi connectivity index (χ0) is 12.6. The van der Waals surface area contributed by atoms with Gasteiger partial charge < -0.3 is 15.0 Å². The first-order valence-electron chi connectivity index (χ1n) is 6.07. The van der Waals surface area contributed by atoms with Gasteiger partial charge in [0, 0.05) is 26.2 Å². The first-order chi connectivity index (χ1) is 7.49. The van der Waals surface area contributed by atoms with Gasteiger partial charge in [-0.05, 0) is 26.2 Å². The molecule has 0 radical (unpaired) electrons. The van der Waals surface area contributed by atoms with Crippen molar-refractivity contribution >= 4 is 6.03 Å². The fourth-order valence-electron chi connectivity index (χ4n) is 1.54. The highest BCUT2D eigenvalue weighted by atomic mass is 16.5. The molecule has 0 aromatic heterocycles. The molecule has 0 aromatic rings. The molecule has 0 saturated carbocycles. The standard InChI is InChI=1S/C12H26N2O2/c1-6-16-8-7-13-12(15)14(5)11(4)9-10(2)3/h10-11H,6-9H2,1-5H3,(H,13,15). The highest BCUT2D eigenvalue weighted by Gasteiger charge is 2.15. The van der Waals surface area contributed by atoms with Crippen LogP contribution in [0.5, 0.6) is 0 Å². The molecule has 2 amide bonds. The Hall–Kier alpha value is -0.770. The third-order valence-corrected chi connectivity index (χ3v) is 2.52. The van der Waals surface area contributed by atoms with Gasteiger partial charge in [-0.2, -0.15) is 0 Å². The molecule has 0 aliphatic carbocycles. The molecule has 96 valence electrons. The third-order valence-electron chi connectivity index (χ3n) is 2.52. The summed E-state index contributed by atoms with van der Waals surface area (Å²) < 4.78 is 5.16. The van der Waals surface area contributed by atoms with Crippen LogP contribution in [0.2, 0.25) is 0 Å². The molecule has 0 aromatic carbocycles. The Morgan fingerprint density at radius 2 is 2.00 bits per heavy atom. The van der Waals surface area contributed by atoms with Gasteiger partial charge in [0.25, 0.3) is 0 Å². The quantitative estimate of drug-likeness (QED) is 0.680. The van der Waals surface area contributed by atoms with E-state index < -0.39 is 0 Å². The molecule has 0 aliphatic rings. The van der Waals surface area contributed by atoms with E-state index in [2.05, 4.69) is 26.1 Å². The van der Waals surface area contributed by atoms with Crippen LogP contribution < -0.4 is 5.32 Å². The van der Waals surface area contributed by atoms with Gasteiger partial charge in [0.1, 0.15) is 0 Å². The van der Waals surface area contributed by atoms with Crippen LogP contribution >= 0.6 is 0 Å². The molecule has 0 fully saturated rings. The van der Waals surface area contributed by atoms with Crippen LogP contribution in [0.15, 0.2) is 0 Å². The van der Waals surface area contributed by atoms with Gasteiger partial charge in [-0.15, -0.1) is 0 Å². The summed E-state index contributed by atoms with van der Waals surface area (Å²) in [5.41, 5.74) is 0. The molecule has 1 N–H and O–H groups in total. The van der Waals surface area contributed by atoms with Crippen LogP contribution in [0.1, 0.15) is 34.1 Å². The van der Waals surface area contributed by atoms with Gasteiger partial charge in [-0.1, -0.05) is 13.8 Å². The summed E-state index contributed by atoms with van der Waals surface area (Å²) in [5.74, 6) is 0.605. The molecule has 0 saturated heterocycles. The van der Waals surface area contributed by atoms with Gasteiger partial charge in [-0.25, -0.2) is 4.79 Å². The Labute approximate surface area is 99.3 Å². The van der Waals surface area contributed by atoms with E-state index in [1.54, 1.807) is 4.90 Å². The Balaban J connectivity index is 3.79. The largest absolute Gasteiger partial charge is 0.380 e. The Bertz CT molecular complexity index is 195. The molecular formula is C12H26N2O2. The highest BCUT2D eigenvalue weighted by Crippen LogP contribution is 2.09. The first kappa shape index (κ1) is 15.2. The second-order valence-electron chi connectivity index (χ2n) is 4.52. The topological polar surface area (TPSA) is 41.6 Å². The molecule has 4 nitrogen and oxygen atoms in total. The van der Waals surface area contributed by atoms with E-state index in [1.165, 1.54) is 0 Å². The van der Waals surface area contributed by atoms with Gasteiger partial charge in [0.05, 0.1) is 6.61 Å². The molecule has 0 spiro atoms. The number of rotatable bonds is 7.